The van der Waals surface area contributed by atoms with Gasteiger partial charge in [0.15, 0.2) is 0 Å². The summed E-state index contributed by atoms with van der Waals surface area (Å²) >= 11 is 5.92. The molecule has 1 aliphatic carbocycles. The molecule has 0 aromatic heterocycles. The fraction of sp³-hybridized carbons (Fsp3) is 0.391. The number of urea groups is 2. The van der Waals surface area contributed by atoms with Crippen molar-refractivity contribution in [1.29, 1.82) is 0 Å². The van der Waals surface area contributed by atoms with E-state index >= 15 is 0 Å². The van der Waals surface area contributed by atoms with Gasteiger partial charge < -0.3 is 16.0 Å². The minimum Gasteiger partial charge on any atom is -0.338 e. The van der Waals surface area contributed by atoms with Gasteiger partial charge in [0, 0.05) is 35.5 Å². The Labute approximate surface area is 183 Å². The third-order valence-electron chi connectivity index (χ3n) is 5.19. The average molecular weight is 429 g/mol. The Morgan fingerprint density at radius 3 is 2.37 bits per heavy atom. The molecular weight excluding hydrogens is 400 g/mol. The van der Waals surface area contributed by atoms with Crippen LogP contribution in [0, 0.1) is 0 Å². The first-order valence-electron chi connectivity index (χ1n) is 10.6. The highest BCUT2D eigenvalue weighted by Gasteiger charge is 2.17. The summed E-state index contributed by atoms with van der Waals surface area (Å²) in [7, 11) is 0. The summed E-state index contributed by atoms with van der Waals surface area (Å²) in [6.07, 6.45) is 6.37. The summed E-state index contributed by atoms with van der Waals surface area (Å²) < 4.78 is 0. The number of para-hydroxylation sites is 1. The van der Waals surface area contributed by atoms with E-state index in [4.69, 9.17) is 11.6 Å². The summed E-state index contributed by atoms with van der Waals surface area (Å²) in [5, 5.41) is 9.47. The maximum atomic E-state index is 12.9. The number of carbonyl (C=O) groups excluding carboxylic acids is 2. The van der Waals surface area contributed by atoms with Crippen LogP contribution in [0.4, 0.5) is 21.0 Å². The van der Waals surface area contributed by atoms with Crippen molar-refractivity contribution in [1.82, 2.24) is 10.6 Å². The number of halogens is 1. The molecule has 1 aliphatic rings. The van der Waals surface area contributed by atoms with Gasteiger partial charge in [-0.15, -0.1) is 0 Å². The zero-order valence-corrected chi connectivity index (χ0v) is 17.8. The number of benzene rings is 2. The quantitative estimate of drug-likeness (QED) is 0.516. The van der Waals surface area contributed by atoms with Gasteiger partial charge in [0.25, 0.3) is 0 Å². The van der Waals surface area contributed by atoms with E-state index in [9.17, 15) is 9.59 Å². The van der Waals surface area contributed by atoms with Crippen LogP contribution in [0.3, 0.4) is 0 Å². The summed E-state index contributed by atoms with van der Waals surface area (Å²) in [6.45, 7) is 0.975. The van der Waals surface area contributed by atoms with Crippen LogP contribution in [0.5, 0.6) is 0 Å². The van der Waals surface area contributed by atoms with Gasteiger partial charge in [-0.2, -0.15) is 0 Å². The van der Waals surface area contributed by atoms with Crippen LogP contribution in [0.1, 0.15) is 38.5 Å². The fourth-order valence-corrected chi connectivity index (χ4v) is 3.73. The highest BCUT2D eigenvalue weighted by Crippen LogP contribution is 2.18. The number of hydrogen-bond donors (Lipinski definition) is 3. The molecule has 0 unspecified atom stereocenters. The van der Waals surface area contributed by atoms with Gasteiger partial charge in [0.2, 0.25) is 0 Å². The predicted octanol–water partition coefficient (Wildman–Crippen LogP) is 5.40. The van der Waals surface area contributed by atoms with Crippen molar-refractivity contribution in [3.63, 3.8) is 0 Å². The van der Waals surface area contributed by atoms with E-state index in [2.05, 4.69) is 16.0 Å². The van der Waals surface area contributed by atoms with Crippen molar-refractivity contribution < 1.29 is 9.59 Å². The first-order valence-corrected chi connectivity index (χ1v) is 10.9. The SMILES string of the molecule is O=C(NCCCN(C(=O)Nc1ccc(Cl)cc1)c1ccccc1)NC1CCCCC1. The molecule has 0 spiro atoms. The van der Waals surface area contributed by atoms with Gasteiger partial charge in [-0.25, -0.2) is 9.59 Å². The molecule has 2 aromatic rings. The molecule has 3 rings (SSSR count). The Kier molecular flexibility index (Phi) is 8.39. The molecule has 0 aliphatic heterocycles. The molecule has 1 saturated carbocycles. The van der Waals surface area contributed by atoms with Crippen molar-refractivity contribution in [3.8, 4) is 0 Å². The summed E-state index contributed by atoms with van der Waals surface area (Å²) in [5.74, 6) is 0. The largest absolute Gasteiger partial charge is 0.338 e. The third-order valence-corrected chi connectivity index (χ3v) is 5.44. The number of rotatable bonds is 7. The van der Waals surface area contributed by atoms with Gasteiger partial charge >= 0.3 is 12.1 Å². The maximum Gasteiger partial charge on any atom is 0.326 e. The normalized spacial score (nSPS) is 14.0. The monoisotopic (exact) mass is 428 g/mol. The van der Waals surface area contributed by atoms with Crippen LogP contribution in [-0.4, -0.2) is 31.2 Å². The second-order valence-electron chi connectivity index (χ2n) is 7.51. The second-order valence-corrected chi connectivity index (χ2v) is 7.95. The maximum absolute atomic E-state index is 12.9. The van der Waals surface area contributed by atoms with Gasteiger partial charge in [0.05, 0.1) is 0 Å². The molecule has 1 fully saturated rings. The van der Waals surface area contributed by atoms with Crippen LogP contribution < -0.4 is 20.9 Å². The topological polar surface area (TPSA) is 73.5 Å². The van der Waals surface area contributed by atoms with Crippen LogP contribution in [0.2, 0.25) is 5.02 Å². The zero-order chi connectivity index (χ0) is 21.2. The first-order chi connectivity index (χ1) is 14.6. The molecule has 6 nitrogen and oxygen atoms in total. The lowest BCUT2D eigenvalue weighted by Crippen LogP contribution is -2.44. The van der Waals surface area contributed by atoms with Crippen molar-refractivity contribution in [2.75, 3.05) is 23.3 Å². The summed E-state index contributed by atoms with van der Waals surface area (Å²) in [5.41, 5.74) is 1.48. The van der Waals surface area contributed by atoms with Crippen LogP contribution >= 0.6 is 11.6 Å². The predicted molar refractivity (Wildman–Crippen MR) is 122 cm³/mol. The van der Waals surface area contributed by atoms with Gasteiger partial charge in [-0.1, -0.05) is 49.1 Å². The molecule has 0 saturated heterocycles. The third kappa shape index (κ3) is 6.95. The minimum absolute atomic E-state index is 0.126. The van der Waals surface area contributed by atoms with E-state index < -0.39 is 0 Å². The standard InChI is InChI=1S/C23H29ClN4O2/c24-18-12-14-20(15-13-18)27-23(30)28(21-10-5-2-6-11-21)17-7-16-25-22(29)26-19-8-3-1-4-9-19/h2,5-6,10-15,19H,1,3-4,7-9,16-17H2,(H,27,30)(H2,25,26,29). The number of anilines is 2. The lowest BCUT2D eigenvalue weighted by molar-refractivity contribution is 0.232. The van der Waals surface area contributed by atoms with Crippen LogP contribution in [0.15, 0.2) is 54.6 Å². The molecular formula is C23H29ClN4O2. The Morgan fingerprint density at radius 1 is 0.967 bits per heavy atom. The van der Waals surface area contributed by atoms with E-state index in [0.717, 1.165) is 18.5 Å². The summed E-state index contributed by atoms with van der Waals surface area (Å²) in [4.78, 5) is 26.6. The Bertz CT molecular complexity index is 808. The van der Waals surface area contributed by atoms with E-state index in [1.54, 1.807) is 29.2 Å². The molecule has 0 radical (unpaired) electrons. The number of carbonyl (C=O) groups is 2. The van der Waals surface area contributed by atoms with E-state index in [-0.39, 0.29) is 18.1 Å². The smallest absolute Gasteiger partial charge is 0.326 e. The number of nitrogens with zero attached hydrogens (tertiary/aromatic N) is 1. The van der Waals surface area contributed by atoms with Crippen molar-refractivity contribution in [2.24, 2.45) is 0 Å². The Morgan fingerprint density at radius 2 is 1.67 bits per heavy atom. The van der Waals surface area contributed by atoms with Gasteiger partial charge in [-0.05, 0) is 55.7 Å². The van der Waals surface area contributed by atoms with E-state index in [1.807, 2.05) is 30.3 Å². The molecule has 7 heteroatoms. The lowest BCUT2D eigenvalue weighted by atomic mass is 9.96. The molecule has 160 valence electrons. The van der Waals surface area contributed by atoms with E-state index in [0.29, 0.717) is 30.2 Å². The van der Waals surface area contributed by atoms with Gasteiger partial charge in [-0.3, -0.25) is 4.90 Å². The molecule has 0 atom stereocenters. The van der Waals surface area contributed by atoms with Crippen molar-refractivity contribution in [3.05, 3.63) is 59.6 Å². The molecule has 2 aromatic carbocycles. The Balaban J connectivity index is 1.50. The molecule has 0 heterocycles. The highest BCUT2D eigenvalue weighted by molar-refractivity contribution is 6.30. The number of amides is 4. The molecule has 4 amide bonds. The molecule has 3 N–H and O–H groups in total. The number of hydrogen-bond acceptors (Lipinski definition) is 2. The van der Waals surface area contributed by atoms with Crippen molar-refractivity contribution >= 4 is 35.0 Å². The van der Waals surface area contributed by atoms with Gasteiger partial charge in [0.1, 0.15) is 0 Å². The minimum atomic E-state index is -0.227. The first kappa shape index (κ1) is 22.0. The summed E-state index contributed by atoms with van der Waals surface area (Å²) in [6, 6.07) is 16.4. The van der Waals surface area contributed by atoms with E-state index in [1.165, 1.54) is 19.3 Å². The molecule has 0 bridgehead atoms. The lowest BCUT2D eigenvalue weighted by Gasteiger charge is -2.24. The number of nitrogens with one attached hydrogen (secondary N) is 3. The van der Waals surface area contributed by atoms with Crippen molar-refractivity contribution in [2.45, 2.75) is 44.6 Å². The van der Waals surface area contributed by atoms with Crippen LogP contribution in [-0.2, 0) is 0 Å². The fourth-order valence-electron chi connectivity index (χ4n) is 3.60. The second kappa shape index (κ2) is 11.5. The Hall–Kier alpha value is -2.73. The molecule has 30 heavy (non-hydrogen) atoms. The average Bonchev–Trinajstić information content (AvgIpc) is 2.76. The highest BCUT2D eigenvalue weighted by atomic mass is 35.5. The zero-order valence-electron chi connectivity index (χ0n) is 17.1. The van der Waals surface area contributed by atoms with Crippen LogP contribution in [0.25, 0.3) is 0 Å².